The van der Waals surface area contributed by atoms with Crippen molar-refractivity contribution < 1.29 is 9.53 Å². The van der Waals surface area contributed by atoms with Crippen molar-refractivity contribution in [3.05, 3.63) is 0 Å². The average molecular weight is 256 g/mol. The molecule has 1 unspecified atom stereocenters. The first kappa shape index (κ1) is 15.4. The topological polar surface area (TPSA) is 32.8 Å². The molecule has 1 aliphatic heterocycles. The lowest BCUT2D eigenvalue weighted by Crippen LogP contribution is -2.54. The second kappa shape index (κ2) is 6.53. The first-order valence-electron chi connectivity index (χ1n) is 6.98. The van der Waals surface area contributed by atoms with Crippen molar-refractivity contribution in [1.29, 1.82) is 0 Å². The van der Waals surface area contributed by atoms with Gasteiger partial charge in [-0.3, -0.25) is 14.6 Å². The largest absolute Gasteiger partial charge is 0.466 e. The number of esters is 1. The van der Waals surface area contributed by atoms with Crippen LogP contribution >= 0.6 is 0 Å². The fraction of sp³-hybridized carbons (Fsp3) is 0.929. The zero-order chi connectivity index (χ0) is 13.8. The van der Waals surface area contributed by atoms with E-state index in [9.17, 15) is 4.79 Å². The molecule has 0 N–H and O–H groups in total. The maximum absolute atomic E-state index is 11.6. The fourth-order valence-corrected chi connectivity index (χ4v) is 2.35. The standard InChI is InChI=1S/C14H28N2O2/c1-6-18-13(17)12(2)11-15-7-9-16(10-8-15)14(3,4)5/h12H,6-11H2,1-5H3. The van der Waals surface area contributed by atoms with Gasteiger partial charge in [0, 0.05) is 38.3 Å². The molecule has 1 aliphatic rings. The van der Waals surface area contributed by atoms with E-state index >= 15 is 0 Å². The van der Waals surface area contributed by atoms with Crippen LogP contribution in [0.1, 0.15) is 34.6 Å². The molecular weight excluding hydrogens is 228 g/mol. The third kappa shape index (κ3) is 4.58. The molecule has 0 radical (unpaired) electrons. The third-order valence-electron chi connectivity index (χ3n) is 3.54. The summed E-state index contributed by atoms with van der Waals surface area (Å²) in [7, 11) is 0. The Morgan fingerprint density at radius 2 is 1.78 bits per heavy atom. The zero-order valence-corrected chi connectivity index (χ0v) is 12.5. The molecule has 0 aromatic rings. The van der Waals surface area contributed by atoms with Gasteiger partial charge in [-0.2, -0.15) is 0 Å². The smallest absolute Gasteiger partial charge is 0.309 e. The third-order valence-corrected chi connectivity index (χ3v) is 3.54. The average Bonchev–Trinajstić information content (AvgIpc) is 2.28. The monoisotopic (exact) mass is 256 g/mol. The first-order chi connectivity index (χ1) is 8.34. The molecule has 1 heterocycles. The van der Waals surface area contributed by atoms with Crippen LogP contribution in [0.4, 0.5) is 0 Å². The van der Waals surface area contributed by atoms with Crippen LogP contribution in [0.25, 0.3) is 0 Å². The summed E-state index contributed by atoms with van der Waals surface area (Å²) in [4.78, 5) is 16.4. The highest BCUT2D eigenvalue weighted by Gasteiger charge is 2.27. The van der Waals surface area contributed by atoms with Crippen molar-refractivity contribution in [2.24, 2.45) is 5.92 Å². The van der Waals surface area contributed by atoms with Gasteiger partial charge in [0.25, 0.3) is 0 Å². The van der Waals surface area contributed by atoms with Crippen LogP contribution in [0, 0.1) is 5.92 Å². The lowest BCUT2D eigenvalue weighted by molar-refractivity contribution is -0.148. The number of rotatable bonds is 4. The van der Waals surface area contributed by atoms with Crippen LogP contribution in [0.3, 0.4) is 0 Å². The lowest BCUT2D eigenvalue weighted by atomic mass is 10.0. The molecule has 18 heavy (non-hydrogen) atoms. The van der Waals surface area contributed by atoms with E-state index in [4.69, 9.17) is 4.74 Å². The van der Waals surface area contributed by atoms with Crippen LogP contribution in [0.2, 0.25) is 0 Å². The predicted octanol–water partition coefficient (Wildman–Crippen LogP) is 1.60. The number of nitrogens with zero attached hydrogens (tertiary/aromatic N) is 2. The van der Waals surface area contributed by atoms with Gasteiger partial charge in [0.1, 0.15) is 0 Å². The van der Waals surface area contributed by atoms with E-state index < -0.39 is 0 Å². The van der Waals surface area contributed by atoms with Crippen LogP contribution in [-0.2, 0) is 9.53 Å². The second-order valence-electron chi connectivity index (χ2n) is 6.11. The maximum atomic E-state index is 11.6. The van der Waals surface area contributed by atoms with Crippen LogP contribution in [-0.4, -0.2) is 60.6 Å². The predicted molar refractivity (Wildman–Crippen MR) is 73.6 cm³/mol. The number of piperazine rings is 1. The van der Waals surface area contributed by atoms with Crippen molar-refractivity contribution in [2.45, 2.75) is 40.2 Å². The molecule has 4 nitrogen and oxygen atoms in total. The minimum absolute atomic E-state index is 0.0221. The second-order valence-corrected chi connectivity index (χ2v) is 6.11. The number of carbonyl (C=O) groups is 1. The highest BCUT2D eigenvalue weighted by atomic mass is 16.5. The molecule has 4 heteroatoms. The normalized spacial score (nSPS) is 20.7. The Kier molecular flexibility index (Phi) is 5.60. The van der Waals surface area contributed by atoms with Crippen LogP contribution in [0.5, 0.6) is 0 Å². The highest BCUT2D eigenvalue weighted by molar-refractivity contribution is 5.72. The molecule has 0 spiro atoms. The van der Waals surface area contributed by atoms with Crippen molar-refractivity contribution in [1.82, 2.24) is 9.80 Å². The van der Waals surface area contributed by atoms with Crippen molar-refractivity contribution >= 4 is 5.97 Å². The number of ether oxygens (including phenoxy) is 1. The van der Waals surface area contributed by atoms with E-state index in [0.717, 1.165) is 32.7 Å². The Labute approximate surface area is 111 Å². The summed E-state index contributed by atoms with van der Waals surface area (Å²) in [5, 5.41) is 0. The Bertz CT molecular complexity index is 265. The van der Waals surface area contributed by atoms with E-state index in [0.29, 0.717) is 6.61 Å². The van der Waals surface area contributed by atoms with E-state index in [-0.39, 0.29) is 17.4 Å². The summed E-state index contributed by atoms with van der Waals surface area (Å²) in [5.74, 6) is -0.0955. The summed E-state index contributed by atoms with van der Waals surface area (Å²) >= 11 is 0. The van der Waals surface area contributed by atoms with Crippen molar-refractivity contribution in [2.75, 3.05) is 39.3 Å². The molecule has 0 aromatic carbocycles. The van der Waals surface area contributed by atoms with Gasteiger partial charge in [0.05, 0.1) is 12.5 Å². The summed E-state index contributed by atoms with van der Waals surface area (Å²) in [6, 6.07) is 0. The molecule has 1 rings (SSSR count). The quantitative estimate of drug-likeness (QED) is 0.715. The van der Waals surface area contributed by atoms with Crippen molar-refractivity contribution in [3.63, 3.8) is 0 Å². The minimum Gasteiger partial charge on any atom is -0.466 e. The molecule has 0 aliphatic carbocycles. The highest BCUT2D eigenvalue weighted by Crippen LogP contribution is 2.16. The molecule has 1 fully saturated rings. The van der Waals surface area contributed by atoms with Gasteiger partial charge < -0.3 is 4.74 Å². The van der Waals surface area contributed by atoms with E-state index in [1.165, 1.54) is 0 Å². The molecule has 0 aromatic heterocycles. The molecular formula is C14H28N2O2. The summed E-state index contributed by atoms with van der Waals surface area (Å²) in [5.41, 5.74) is 0.249. The lowest BCUT2D eigenvalue weighted by Gasteiger charge is -2.42. The molecule has 1 atom stereocenters. The number of carbonyl (C=O) groups excluding carboxylic acids is 1. The first-order valence-corrected chi connectivity index (χ1v) is 6.98. The molecule has 1 saturated heterocycles. The Morgan fingerprint density at radius 3 is 2.22 bits per heavy atom. The summed E-state index contributed by atoms with van der Waals surface area (Å²) in [6.07, 6.45) is 0. The van der Waals surface area contributed by atoms with Gasteiger partial charge in [0.15, 0.2) is 0 Å². The zero-order valence-electron chi connectivity index (χ0n) is 12.5. The number of hydrogen-bond acceptors (Lipinski definition) is 4. The van der Waals surface area contributed by atoms with Gasteiger partial charge in [-0.25, -0.2) is 0 Å². The summed E-state index contributed by atoms with van der Waals surface area (Å²) < 4.78 is 5.04. The maximum Gasteiger partial charge on any atom is 0.309 e. The van der Waals surface area contributed by atoms with Crippen LogP contribution in [0.15, 0.2) is 0 Å². The van der Waals surface area contributed by atoms with Gasteiger partial charge in [0.2, 0.25) is 0 Å². The Balaban J connectivity index is 2.33. The Morgan fingerprint density at radius 1 is 1.22 bits per heavy atom. The van der Waals surface area contributed by atoms with Gasteiger partial charge >= 0.3 is 5.97 Å². The van der Waals surface area contributed by atoms with E-state index in [1.54, 1.807) is 0 Å². The SMILES string of the molecule is CCOC(=O)C(C)CN1CCN(C(C)(C)C)CC1. The minimum atomic E-state index is -0.0734. The summed E-state index contributed by atoms with van der Waals surface area (Å²) in [6.45, 7) is 16.1. The van der Waals surface area contributed by atoms with E-state index in [2.05, 4.69) is 30.6 Å². The molecule has 0 bridgehead atoms. The molecule has 106 valence electrons. The number of hydrogen-bond donors (Lipinski definition) is 0. The Hall–Kier alpha value is -0.610. The van der Waals surface area contributed by atoms with Gasteiger partial charge in [-0.1, -0.05) is 6.92 Å². The van der Waals surface area contributed by atoms with E-state index in [1.807, 2.05) is 13.8 Å². The molecule has 0 amide bonds. The van der Waals surface area contributed by atoms with Crippen LogP contribution < -0.4 is 0 Å². The fourth-order valence-electron chi connectivity index (χ4n) is 2.35. The van der Waals surface area contributed by atoms with Gasteiger partial charge in [-0.15, -0.1) is 0 Å². The van der Waals surface area contributed by atoms with Crippen molar-refractivity contribution in [3.8, 4) is 0 Å². The van der Waals surface area contributed by atoms with Gasteiger partial charge in [-0.05, 0) is 27.7 Å². The molecule has 0 saturated carbocycles.